The summed E-state index contributed by atoms with van der Waals surface area (Å²) in [5, 5.41) is 14.7. The fraction of sp³-hybridized carbons (Fsp3) is 0.484. The van der Waals surface area contributed by atoms with Gasteiger partial charge in [0.15, 0.2) is 0 Å². The molecule has 0 fully saturated rings. The first kappa shape index (κ1) is 29.5. The van der Waals surface area contributed by atoms with Crippen LogP contribution >= 0.6 is 0 Å². The molecule has 3 rings (SSSR count). The van der Waals surface area contributed by atoms with Crippen LogP contribution in [0.25, 0.3) is 5.57 Å². The first-order chi connectivity index (χ1) is 18.0. The standard InChI is InChI=1S/C31H45N3O3Si/c1-33(2)23-16-18-26-25(13-12-14-30(35)32-20-11-9-7-8-10-15-31(36)37)27-19-17-24(34(3)4)22-29(27)38(5,6)28(26)21-23/h13,16-19,21-22H,7-12,14-15,20H2,1-6H3,(H,32,35)(H,36,37). The number of carbonyl (C=O) groups is 2. The summed E-state index contributed by atoms with van der Waals surface area (Å²) < 4.78 is 0. The summed E-state index contributed by atoms with van der Waals surface area (Å²) in [6.07, 6.45) is 8.30. The number of carbonyl (C=O) groups excluding carboxylic acids is 1. The number of amides is 1. The van der Waals surface area contributed by atoms with E-state index in [0.717, 1.165) is 32.1 Å². The Bertz CT molecular complexity index is 1110. The highest BCUT2D eigenvalue weighted by atomic mass is 28.3. The average molecular weight is 536 g/mol. The van der Waals surface area contributed by atoms with Gasteiger partial charge in [0.05, 0.1) is 0 Å². The van der Waals surface area contributed by atoms with E-state index in [1.165, 1.54) is 38.4 Å². The topological polar surface area (TPSA) is 72.9 Å². The number of unbranched alkanes of at least 4 members (excludes halogenated alkanes) is 4. The molecule has 1 aliphatic rings. The van der Waals surface area contributed by atoms with Crippen LogP contribution in [0, 0.1) is 0 Å². The molecule has 0 atom stereocenters. The van der Waals surface area contributed by atoms with Crippen molar-refractivity contribution < 1.29 is 14.7 Å². The summed E-state index contributed by atoms with van der Waals surface area (Å²) in [6, 6.07) is 13.7. The lowest BCUT2D eigenvalue weighted by molar-refractivity contribution is -0.137. The van der Waals surface area contributed by atoms with Gasteiger partial charge in [0.2, 0.25) is 5.91 Å². The van der Waals surface area contributed by atoms with Crippen LogP contribution in [0.3, 0.4) is 0 Å². The fourth-order valence-corrected chi connectivity index (χ4v) is 8.32. The van der Waals surface area contributed by atoms with Crippen LogP contribution < -0.4 is 25.5 Å². The number of nitrogens with zero attached hydrogens (tertiary/aromatic N) is 2. The van der Waals surface area contributed by atoms with E-state index >= 15 is 0 Å². The number of allylic oxidation sites excluding steroid dienone is 1. The number of hydrogen-bond acceptors (Lipinski definition) is 4. The van der Waals surface area contributed by atoms with Crippen LogP contribution in [0.1, 0.15) is 62.5 Å². The van der Waals surface area contributed by atoms with Crippen molar-refractivity contribution in [2.75, 3.05) is 44.5 Å². The molecule has 0 aromatic heterocycles. The molecule has 0 spiro atoms. The fourth-order valence-electron chi connectivity index (χ4n) is 5.23. The van der Waals surface area contributed by atoms with Gasteiger partial charge >= 0.3 is 5.97 Å². The molecule has 2 N–H and O–H groups in total. The summed E-state index contributed by atoms with van der Waals surface area (Å²) in [7, 11) is 6.43. The molecule has 206 valence electrons. The largest absolute Gasteiger partial charge is 0.481 e. The lowest BCUT2D eigenvalue weighted by Gasteiger charge is -2.36. The van der Waals surface area contributed by atoms with Gasteiger partial charge in [-0.2, -0.15) is 0 Å². The highest BCUT2D eigenvalue weighted by Crippen LogP contribution is 2.33. The Labute approximate surface area is 229 Å². The third-order valence-corrected chi connectivity index (χ3v) is 11.1. The zero-order chi connectivity index (χ0) is 27.9. The molecule has 1 aliphatic heterocycles. The molecule has 6 nitrogen and oxygen atoms in total. The monoisotopic (exact) mass is 535 g/mol. The molecule has 0 saturated carbocycles. The lowest BCUT2D eigenvalue weighted by atomic mass is 9.94. The Balaban J connectivity index is 1.70. The number of rotatable bonds is 13. The van der Waals surface area contributed by atoms with Crippen LogP contribution in [-0.2, 0) is 9.59 Å². The van der Waals surface area contributed by atoms with E-state index < -0.39 is 14.0 Å². The smallest absolute Gasteiger partial charge is 0.303 e. The van der Waals surface area contributed by atoms with Crippen molar-refractivity contribution in [3.63, 3.8) is 0 Å². The minimum absolute atomic E-state index is 0.0876. The molecule has 0 saturated heterocycles. The number of carboxylic acids is 1. The zero-order valence-corrected chi connectivity index (χ0v) is 25.1. The number of aliphatic carboxylic acids is 1. The van der Waals surface area contributed by atoms with Gasteiger partial charge in [-0.05, 0) is 70.6 Å². The van der Waals surface area contributed by atoms with Gasteiger partial charge in [-0.3, -0.25) is 9.59 Å². The SMILES string of the molecule is CN(C)c1ccc2c(c1)[Si](C)(C)c1cc(N(C)C)ccc1C2=CCCC(=O)NCCCCCCCC(=O)O. The predicted octanol–water partition coefficient (Wildman–Crippen LogP) is 4.71. The molecule has 0 bridgehead atoms. The Morgan fingerprint density at radius 3 is 1.87 bits per heavy atom. The van der Waals surface area contributed by atoms with Crippen LogP contribution in [0.5, 0.6) is 0 Å². The highest BCUT2D eigenvalue weighted by Gasteiger charge is 2.37. The number of hydrogen-bond donors (Lipinski definition) is 2. The van der Waals surface area contributed by atoms with E-state index in [0.29, 0.717) is 19.4 Å². The van der Waals surface area contributed by atoms with Crippen LogP contribution in [-0.4, -0.2) is 59.8 Å². The average Bonchev–Trinajstić information content (AvgIpc) is 2.86. The van der Waals surface area contributed by atoms with Crippen molar-refractivity contribution in [3.8, 4) is 0 Å². The summed E-state index contributed by atoms with van der Waals surface area (Å²) in [6.45, 7) is 5.57. The van der Waals surface area contributed by atoms with Gasteiger partial charge in [0.25, 0.3) is 0 Å². The van der Waals surface area contributed by atoms with E-state index in [2.05, 4.69) is 98.9 Å². The molecule has 0 unspecified atom stereocenters. The van der Waals surface area contributed by atoms with E-state index in [1.54, 1.807) is 0 Å². The molecule has 0 aliphatic carbocycles. The van der Waals surface area contributed by atoms with Gasteiger partial charge in [-0.1, -0.05) is 50.6 Å². The van der Waals surface area contributed by atoms with Crippen molar-refractivity contribution >= 4 is 47.3 Å². The molecular weight excluding hydrogens is 490 g/mol. The normalized spacial score (nSPS) is 13.4. The van der Waals surface area contributed by atoms with Crippen molar-refractivity contribution in [1.82, 2.24) is 5.32 Å². The minimum atomic E-state index is -1.93. The van der Waals surface area contributed by atoms with Gasteiger partial charge in [-0.15, -0.1) is 0 Å². The molecule has 38 heavy (non-hydrogen) atoms. The molecule has 7 heteroatoms. The van der Waals surface area contributed by atoms with E-state index in [9.17, 15) is 9.59 Å². The number of carboxylic acid groups (broad SMARTS) is 1. The minimum Gasteiger partial charge on any atom is -0.481 e. The van der Waals surface area contributed by atoms with Crippen molar-refractivity contribution in [1.29, 1.82) is 0 Å². The summed E-state index contributed by atoms with van der Waals surface area (Å²) in [5.74, 6) is -0.639. The molecule has 1 amide bonds. The molecule has 0 radical (unpaired) electrons. The Hall–Kier alpha value is -3.06. The molecular formula is C31H45N3O3Si. The van der Waals surface area contributed by atoms with Gasteiger partial charge < -0.3 is 20.2 Å². The van der Waals surface area contributed by atoms with Gasteiger partial charge in [0, 0.05) is 59.0 Å². The maximum absolute atomic E-state index is 12.5. The number of fused-ring (bicyclic) bond motifs is 2. The summed E-state index contributed by atoms with van der Waals surface area (Å²) in [4.78, 5) is 27.4. The lowest BCUT2D eigenvalue weighted by Crippen LogP contribution is -2.58. The maximum Gasteiger partial charge on any atom is 0.303 e. The first-order valence-corrected chi connectivity index (χ1v) is 16.9. The second-order valence-electron chi connectivity index (χ2n) is 11.3. The third kappa shape index (κ3) is 7.28. The predicted molar refractivity (Wildman–Crippen MR) is 163 cm³/mol. The summed E-state index contributed by atoms with van der Waals surface area (Å²) >= 11 is 0. The van der Waals surface area contributed by atoms with E-state index in [1.807, 2.05) is 0 Å². The number of nitrogens with one attached hydrogen (secondary N) is 1. The zero-order valence-electron chi connectivity index (χ0n) is 24.1. The number of anilines is 2. The maximum atomic E-state index is 12.5. The van der Waals surface area contributed by atoms with Crippen molar-refractivity contribution in [3.05, 3.63) is 53.6 Å². The van der Waals surface area contributed by atoms with Gasteiger partial charge in [0.1, 0.15) is 8.07 Å². The van der Waals surface area contributed by atoms with Crippen LogP contribution in [0.4, 0.5) is 11.4 Å². The second kappa shape index (κ2) is 13.1. The second-order valence-corrected chi connectivity index (χ2v) is 15.6. The third-order valence-electron chi connectivity index (χ3n) is 7.58. The van der Waals surface area contributed by atoms with Gasteiger partial charge in [-0.25, -0.2) is 0 Å². The summed E-state index contributed by atoms with van der Waals surface area (Å²) in [5.41, 5.74) is 6.29. The quantitative estimate of drug-likeness (QED) is 0.287. The highest BCUT2D eigenvalue weighted by molar-refractivity contribution is 7.02. The molecule has 2 aromatic carbocycles. The van der Waals surface area contributed by atoms with Crippen molar-refractivity contribution in [2.45, 2.75) is 64.5 Å². The van der Waals surface area contributed by atoms with Crippen LogP contribution in [0.2, 0.25) is 13.1 Å². The molecule has 1 heterocycles. The number of benzene rings is 2. The Kier molecular flexibility index (Phi) is 10.2. The van der Waals surface area contributed by atoms with E-state index in [-0.39, 0.29) is 12.3 Å². The Morgan fingerprint density at radius 1 is 0.816 bits per heavy atom. The molecule has 2 aromatic rings. The van der Waals surface area contributed by atoms with Crippen molar-refractivity contribution in [2.24, 2.45) is 0 Å². The first-order valence-electron chi connectivity index (χ1n) is 13.9. The van der Waals surface area contributed by atoms with Crippen LogP contribution in [0.15, 0.2) is 42.5 Å². The Morgan fingerprint density at radius 2 is 1.34 bits per heavy atom. The van der Waals surface area contributed by atoms with E-state index in [4.69, 9.17) is 5.11 Å².